The molecule has 0 bridgehead atoms. The van der Waals surface area contributed by atoms with E-state index in [4.69, 9.17) is 5.73 Å². The van der Waals surface area contributed by atoms with E-state index in [2.05, 4.69) is 33.1 Å². The lowest BCUT2D eigenvalue weighted by molar-refractivity contribution is -0.145. The number of amides is 5. The van der Waals surface area contributed by atoms with Gasteiger partial charge in [-0.25, -0.2) is 0 Å². The topological polar surface area (TPSA) is 186 Å². The van der Waals surface area contributed by atoms with Crippen molar-refractivity contribution in [2.75, 3.05) is 33.2 Å². The molecule has 0 aromatic heterocycles. The summed E-state index contributed by atoms with van der Waals surface area (Å²) in [5.41, 5.74) is 5.93. The molecule has 3 rings (SSSR count). The third-order valence-electron chi connectivity index (χ3n) is 9.89. The SMILES string of the molecule is CCCC[C@H]1C(=O)N(C)[C@@H](CC(C)C)C(=O)N[C@@H](C2CCCCC2)C(=O)N[C@@H](CN)C(=O)N[C@@H]([C@H](C)O)C(=O)NCCN1CC1CC1. The van der Waals surface area contributed by atoms with Crippen molar-refractivity contribution in [1.29, 1.82) is 0 Å². The van der Waals surface area contributed by atoms with Crippen LogP contribution in [-0.4, -0.2) is 114 Å². The van der Waals surface area contributed by atoms with Crippen molar-refractivity contribution in [3.8, 4) is 0 Å². The first-order valence-corrected chi connectivity index (χ1v) is 17.9. The number of rotatable bonds is 10. The molecule has 0 unspecified atom stereocenters. The maximum Gasteiger partial charge on any atom is 0.245 e. The van der Waals surface area contributed by atoms with Crippen LogP contribution in [0.5, 0.6) is 0 Å². The van der Waals surface area contributed by atoms with Crippen molar-refractivity contribution in [3.63, 3.8) is 0 Å². The van der Waals surface area contributed by atoms with Crippen molar-refractivity contribution >= 4 is 29.5 Å². The van der Waals surface area contributed by atoms with E-state index in [1.54, 1.807) is 11.9 Å². The molecular weight excluding hydrogens is 602 g/mol. The quantitative estimate of drug-likeness (QED) is 0.197. The normalized spacial score (nSPS) is 29.4. The second kappa shape index (κ2) is 18.7. The molecule has 5 amide bonds. The van der Waals surface area contributed by atoms with Gasteiger partial charge in [0.05, 0.1) is 12.1 Å². The summed E-state index contributed by atoms with van der Waals surface area (Å²) in [4.78, 5) is 72.7. The molecule has 3 fully saturated rings. The number of aliphatic hydroxyl groups is 1. The van der Waals surface area contributed by atoms with Gasteiger partial charge in [0.25, 0.3) is 0 Å². The van der Waals surface area contributed by atoms with Crippen LogP contribution < -0.4 is 27.0 Å². The molecule has 13 nitrogen and oxygen atoms in total. The van der Waals surface area contributed by atoms with E-state index in [1.165, 1.54) is 6.92 Å². The first-order valence-electron chi connectivity index (χ1n) is 17.9. The van der Waals surface area contributed by atoms with E-state index in [9.17, 15) is 29.1 Å². The second-order valence-corrected chi connectivity index (χ2v) is 14.4. The molecule has 2 aliphatic carbocycles. The largest absolute Gasteiger partial charge is 0.391 e. The Hall–Kier alpha value is -2.77. The second-order valence-electron chi connectivity index (χ2n) is 14.4. The lowest BCUT2D eigenvalue weighted by atomic mass is 9.83. The number of nitrogens with two attached hydrogens (primary N) is 1. The Morgan fingerprint density at radius 3 is 2.13 bits per heavy atom. The average molecular weight is 664 g/mol. The number of carbonyl (C=O) groups excluding carboxylic acids is 5. The highest BCUT2D eigenvalue weighted by Crippen LogP contribution is 2.31. The summed E-state index contributed by atoms with van der Waals surface area (Å²) >= 11 is 0. The van der Waals surface area contributed by atoms with E-state index in [0.717, 1.165) is 57.8 Å². The molecule has 3 aliphatic rings. The fourth-order valence-corrected chi connectivity index (χ4v) is 6.84. The van der Waals surface area contributed by atoms with E-state index in [1.807, 2.05) is 13.8 Å². The van der Waals surface area contributed by atoms with Crippen molar-refractivity contribution in [2.45, 2.75) is 135 Å². The van der Waals surface area contributed by atoms with Crippen LogP contribution in [-0.2, 0) is 24.0 Å². The van der Waals surface area contributed by atoms with Crippen molar-refractivity contribution in [3.05, 3.63) is 0 Å². The molecule has 2 saturated carbocycles. The Bertz CT molecular complexity index is 1060. The summed E-state index contributed by atoms with van der Waals surface area (Å²) in [6, 6.07) is -4.69. The van der Waals surface area contributed by atoms with Crippen LogP contribution in [0.25, 0.3) is 0 Å². The summed E-state index contributed by atoms with van der Waals surface area (Å²) in [5.74, 6) is -1.93. The van der Waals surface area contributed by atoms with E-state index in [-0.39, 0.29) is 36.7 Å². The third kappa shape index (κ3) is 11.4. The molecular formula is C34H61N7O6. The van der Waals surface area contributed by atoms with Crippen molar-refractivity contribution in [2.24, 2.45) is 23.5 Å². The molecule has 1 saturated heterocycles. The van der Waals surface area contributed by atoms with Gasteiger partial charge >= 0.3 is 0 Å². The van der Waals surface area contributed by atoms with Gasteiger partial charge < -0.3 is 37.0 Å². The Kier molecular flexibility index (Phi) is 15.4. The van der Waals surface area contributed by atoms with Gasteiger partial charge in [0.15, 0.2) is 0 Å². The highest BCUT2D eigenvalue weighted by molar-refractivity contribution is 5.96. The monoisotopic (exact) mass is 663 g/mol. The van der Waals surface area contributed by atoms with Gasteiger partial charge in [-0.05, 0) is 63.2 Å². The summed E-state index contributed by atoms with van der Waals surface area (Å²) in [6.07, 6.45) is 8.03. The van der Waals surface area contributed by atoms with Gasteiger partial charge in [-0.3, -0.25) is 28.9 Å². The number of nitrogens with one attached hydrogen (secondary N) is 4. The van der Waals surface area contributed by atoms with Gasteiger partial charge in [-0.2, -0.15) is 0 Å². The molecule has 47 heavy (non-hydrogen) atoms. The van der Waals surface area contributed by atoms with Gasteiger partial charge in [0.2, 0.25) is 29.5 Å². The molecule has 0 aromatic carbocycles. The number of aliphatic hydroxyl groups excluding tert-OH is 1. The zero-order valence-electron chi connectivity index (χ0n) is 29.3. The minimum absolute atomic E-state index is 0.0971. The highest BCUT2D eigenvalue weighted by Gasteiger charge is 2.40. The average Bonchev–Trinajstić information content (AvgIpc) is 3.86. The summed E-state index contributed by atoms with van der Waals surface area (Å²) in [5, 5.41) is 21.6. The zero-order chi connectivity index (χ0) is 34.7. The number of hydrogen-bond acceptors (Lipinski definition) is 8. The first-order chi connectivity index (χ1) is 22.4. The van der Waals surface area contributed by atoms with E-state index < -0.39 is 54.0 Å². The number of hydrogen-bond donors (Lipinski definition) is 6. The lowest BCUT2D eigenvalue weighted by Gasteiger charge is -2.38. The molecule has 268 valence electrons. The number of carbonyl (C=O) groups is 5. The molecule has 13 heteroatoms. The van der Waals surface area contributed by atoms with Gasteiger partial charge in [0, 0.05) is 33.2 Å². The van der Waals surface area contributed by atoms with Crippen molar-refractivity contribution in [1.82, 2.24) is 31.1 Å². The van der Waals surface area contributed by atoms with Gasteiger partial charge in [-0.1, -0.05) is 52.9 Å². The molecule has 0 radical (unpaired) electrons. The van der Waals surface area contributed by atoms with Crippen LogP contribution in [0.3, 0.4) is 0 Å². The predicted molar refractivity (Wildman–Crippen MR) is 180 cm³/mol. The number of nitrogens with zero attached hydrogens (tertiary/aromatic N) is 2. The zero-order valence-corrected chi connectivity index (χ0v) is 29.3. The summed E-state index contributed by atoms with van der Waals surface area (Å²) < 4.78 is 0. The Balaban J connectivity index is 2.04. The van der Waals surface area contributed by atoms with E-state index >= 15 is 0 Å². The minimum atomic E-state index is -1.28. The number of likely N-dealkylation sites (N-methyl/N-ethyl adjacent to an activating group) is 1. The van der Waals surface area contributed by atoms with Crippen LogP contribution in [0.2, 0.25) is 0 Å². The van der Waals surface area contributed by atoms with E-state index in [0.29, 0.717) is 31.8 Å². The van der Waals surface area contributed by atoms with Crippen LogP contribution in [0, 0.1) is 17.8 Å². The highest BCUT2D eigenvalue weighted by atomic mass is 16.3. The Morgan fingerprint density at radius 2 is 1.55 bits per heavy atom. The predicted octanol–water partition coefficient (Wildman–Crippen LogP) is 0.634. The number of unbranched alkanes of at least 4 members (excludes halogenated alkanes) is 1. The fourth-order valence-electron chi connectivity index (χ4n) is 6.84. The van der Waals surface area contributed by atoms with Gasteiger partial charge in [-0.15, -0.1) is 0 Å². The molecule has 0 aromatic rings. The van der Waals surface area contributed by atoms with Crippen LogP contribution >= 0.6 is 0 Å². The summed E-state index contributed by atoms with van der Waals surface area (Å²) in [7, 11) is 1.68. The maximum absolute atomic E-state index is 14.4. The van der Waals surface area contributed by atoms with Crippen LogP contribution in [0.4, 0.5) is 0 Å². The minimum Gasteiger partial charge on any atom is -0.391 e. The molecule has 1 heterocycles. The smallest absolute Gasteiger partial charge is 0.245 e. The first kappa shape index (κ1) is 38.7. The molecule has 7 N–H and O–H groups in total. The summed E-state index contributed by atoms with van der Waals surface area (Å²) in [6.45, 7) is 8.52. The molecule has 1 aliphatic heterocycles. The Morgan fingerprint density at radius 1 is 0.872 bits per heavy atom. The lowest BCUT2D eigenvalue weighted by Crippen LogP contribution is -2.63. The fraction of sp³-hybridized carbons (Fsp3) is 0.853. The van der Waals surface area contributed by atoms with Crippen LogP contribution in [0.15, 0.2) is 0 Å². The standard InChI is InChI=1S/C34H61N7O6/c1-6-7-13-26-34(47)40(5)27(18-21(2)3)31(44)39-29(24-11-9-8-10-12-24)33(46)37-25(19-35)30(43)38-28(22(4)42)32(45)36-16-17-41(26)20-23-14-15-23/h21-29,42H,6-20,35H2,1-5H3,(H,36,45)(H,37,46)(H,38,43)(H,39,44)/t22-,25-,26-,27-,28-,29-/m0/s1. The molecule has 0 spiro atoms. The Labute approximate surface area is 280 Å². The van der Waals surface area contributed by atoms with Crippen molar-refractivity contribution < 1.29 is 29.1 Å². The van der Waals surface area contributed by atoms with Crippen LogP contribution in [0.1, 0.15) is 98.3 Å². The molecule has 6 atom stereocenters. The third-order valence-corrected chi connectivity index (χ3v) is 9.89. The maximum atomic E-state index is 14.4. The van der Waals surface area contributed by atoms with Gasteiger partial charge in [0.1, 0.15) is 24.2 Å².